The maximum absolute atomic E-state index is 13.4. The molecular formula is C21H21F2N3O2S. The molecule has 0 unspecified atom stereocenters. The van der Waals surface area contributed by atoms with Gasteiger partial charge in [-0.25, -0.2) is 21.9 Å². The van der Waals surface area contributed by atoms with Crippen LogP contribution in [0.15, 0.2) is 65.7 Å². The minimum Gasteiger partial charge on any atom is -0.321 e. The summed E-state index contributed by atoms with van der Waals surface area (Å²) in [5.41, 5.74) is 2.11. The molecule has 1 aromatic heterocycles. The molecule has 8 heteroatoms. The third-order valence-corrected chi connectivity index (χ3v) is 6.52. The van der Waals surface area contributed by atoms with E-state index >= 15 is 0 Å². The summed E-state index contributed by atoms with van der Waals surface area (Å²) in [6.45, 7) is 2.27. The van der Waals surface area contributed by atoms with Gasteiger partial charge in [0.1, 0.15) is 11.6 Å². The fourth-order valence-electron chi connectivity index (χ4n) is 3.54. The molecule has 0 radical (unpaired) electrons. The van der Waals surface area contributed by atoms with E-state index in [4.69, 9.17) is 0 Å². The van der Waals surface area contributed by atoms with Crippen LogP contribution in [0.25, 0.3) is 16.6 Å². The highest BCUT2D eigenvalue weighted by Gasteiger charge is 2.17. The van der Waals surface area contributed by atoms with E-state index in [1.54, 1.807) is 6.07 Å². The molecule has 1 aliphatic rings. The van der Waals surface area contributed by atoms with Crippen molar-refractivity contribution in [1.82, 2.24) is 14.2 Å². The van der Waals surface area contributed by atoms with Crippen LogP contribution in [-0.2, 0) is 10.0 Å². The minimum absolute atomic E-state index is 0.0748. The average Bonchev–Trinajstić information content (AvgIpc) is 3.11. The second-order valence-electron chi connectivity index (χ2n) is 6.99. The van der Waals surface area contributed by atoms with Gasteiger partial charge < -0.3 is 4.57 Å². The summed E-state index contributed by atoms with van der Waals surface area (Å²) in [5.74, 6) is -0.832. The van der Waals surface area contributed by atoms with E-state index in [2.05, 4.69) is 20.3 Å². The molecule has 0 bridgehead atoms. The van der Waals surface area contributed by atoms with Gasteiger partial charge >= 0.3 is 0 Å². The van der Waals surface area contributed by atoms with Crippen molar-refractivity contribution in [1.29, 1.82) is 0 Å². The number of hydrogen-bond acceptors (Lipinski definition) is 3. The third kappa shape index (κ3) is 4.39. The number of nitrogens with one attached hydrogen (secondary N) is 1. The van der Waals surface area contributed by atoms with Crippen LogP contribution < -0.4 is 4.72 Å². The first-order chi connectivity index (χ1) is 13.9. The summed E-state index contributed by atoms with van der Waals surface area (Å²) in [6.07, 6.45) is 4.85. The quantitative estimate of drug-likeness (QED) is 0.669. The molecular weight excluding hydrogens is 396 g/mol. The summed E-state index contributed by atoms with van der Waals surface area (Å²) in [5, 5.41) is 0.861. The van der Waals surface area contributed by atoms with Crippen molar-refractivity contribution in [3.63, 3.8) is 0 Å². The zero-order valence-corrected chi connectivity index (χ0v) is 16.5. The first-order valence-electron chi connectivity index (χ1n) is 9.36. The van der Waals surface area contributed by atoms with Gasteiger partial charge in [-0.05, 0) is 42.5 Å². The van der Waals surface area contributed by atoms with E-state index in [-0.39, 0.29) is 17.3 Å². The van der Waals surface area contributed by atoms with Crippen LogP contribution in [0, 0.1) is 11.6 Å². The maximum atomic E-state index is 13.4. The van der Waals surface area contributed by atoms with E-state index in [1.165, 1.54) is 30.3 Å². The SMILES string of the molecule is O=S(=O)(NCCN1CC=C(n2ccc3cc(F)ccc32)CC1)c1cccc(F)c1. The number of halogens is 2. The number of sulfonamides is 1. The van der Waals surface area contributed by atoms with Gasteiger partial charge in [-0.1, -0.05) is 12.1 Å². The molecule has 0 fully saturated rings. The molecule has 0 amide bonds. The van der Waals surface area contributed by atoms with E-state index in [0.717, 1.165) is 35.6 Å². The molecule has 1 aliphatic heterocycles. The molecule has 3 aromatic rings. The zero-order chi connectivity index (χ0) is 20.4. The first-order valence-corrected chi connectivity index (χ1v) is 10.8. The molecule has 0 saturated heterocycles. The lowest BCUT2D eigenvalue weighted by molar-refractivity contribution is 0.304. The van der Waals surface area contributed by atoms with Crippen LogP contribution in [0.1, 0.15) is 6.42 Å². The molecule has 0 saturated carbocycles. The van der Waals surface area contributed by atoms with Crippen molar-refractivity contribution in [2.75, 3.05) is 26.2 Å². The third-order valence-electron chi connectivity index (χ3n) is 5.06. The summed E-state index contributed by atoms with van der Waals surface area (Å²) < 4.78 is 55.7. The molecule has 5 nitrogen and oxygen atoms in total. The lowest BCUT2D eigenvalue weighted by Crippen LogP contribution is -2.37. The summed E-state index contributed by atoms with van der Waals surface area (Å²) in [4.78, 5) is 2.07. The number of hydrogen-bond donors (Lipinski definition) is 1. The van der Waals surface area contributed by atoms with Crippen molar-refractivity contribution in [2.24, 2.45) is 0 Å². The molecule has 0 atom stereocenters. The molecule has 152 valence electrons. The van der Waals surface area contributed by atoms with Gasteiger partial charge in [-0.3, -0.25) is 4.90 Å². The van der Waals surface area contributed by atoms with E-state index in [0.29, 0.717) is 13.1 Å². The standard InChI is InChI=1S/C21H21F2N3O2S/c22-17-2-1-3-20(15-17)29(27,28)24-9-13-25-10-7-19(8-11-25)26-12-6-16-14-18(23)4-5-21(16)26/h1-7,12,14-15,24H,8-11,13H2. The van der Waals surface area contributed by atoms with Gasteiger partial charge in [-0.2, -0.15) is 0 Å². The van der Waals surface area contributed by atoms with Crippen molar-refractivity contribution in [3.8, 4) is 0 Å². The molecule has 2 aromatic carbocycles. The second-order valence-corrected chi connectivity index (χ2v) is 8.76. The number of benzene rings is 2. The summed E-state index contributed by atoms with van der Waals surface area (Å²) in [6, 6.07) is 11.6. The number of aromatic nitrogens is 1. The van der Waals surface area contributed by atoms with Crippen molar-refractivity contribution < 1.29 is 17.2 Å². The van der Waals surface area contributed by atoms with Crippen LogP contribution >= 0.6 is 0 Å². The number of nitrogens with zero attached hydrogens (tertiary/aromatic N) is 2. The van der Waals surface area contributed by atoms with Gasteiger partial charge in [0.25, 0.3) is 0 Å². The Morgan fingerprint density at radius 1 is 1.03 bits per heavy atom. The minimum atomic E-state index is -3.72. The Balaban J connectivity index is 1.35. The highest BCUT2D eigenvalue weighted by atomic mass is 32.2. The van der Waals surface area contributed by atoms with Gasteiger partial charge in [0.2, 0.25) is 10.0 Å². The van der Waals surface area contributed by atoms with Gasteiger partial charge in [0.15, 0.2) is 0 Å². The molecule has 0 spiro atoms. The molecule has 29 heavy (non-hydrogen) atoms. The van der Waals surface area contributed by atoms with Crippen LogP contribution in [0.3, 0.4) is 0 Å². The Morgan fingerprint density at radius 3 is 2.62 bits per heavy atom. The van der Waals surface area contributed by atoms with Crippen molar-refractivity contribution >= 4 is 26.6 Å². The van der Waals surface area contributed by atoms with Crippen LogP contribution in [0.5, 0.6) is 0 Å². The molecule has 2 heterocycles. The number of rotatable bonds is 6. The monoisotopic (exact) mass is 417 g/mol. The van der Waals surface area contributed by atoms with Crippen molar-refractivity contribution in [2.45, 2.75) is 11.3 Å². The molecule has 0 aliphatic carbocycles. The number of fused-ring (bicyclic) bond motifs is 1. The fraction of sp³-hybridized carbons (Fsp3) is 0.238. The highest BCUT2D eigenvalue weighted by molar-refractivity contribution is 7.89. The maximum Gasteiger partial charge on any atom is 0.240 e. The van der Waals surface area contributed by atoms with Gasteiger partial charge in [0, 0.05) is 49.9 Å². The molecule has 1 N–H and O–H groups in total. The lowest BCUT2D eigenvalue weighted by atomic mass is 10.2. The van der Waals surface area contributed by atoms with E-state index in [1.807, 2.05) is 12.3 Å². The summed E-state index contributed by atoms with van der Waals surface area (Å²) in [7, 11) is -3.72. The smallest absolute Gasteiger partial charge is 0.240 e. The Hall–Kier alpha value is -2.55. The van der Waals surface area contributed by atoms with Gasteiger partial charge in [0.05, 0.1) is 10.4 Å². The Kier molecular flexibility index (Phi) is 5.49. The highest BCUT2D eigenvalue weighted by Crippen LogP contribution is 2.24. The van der Waals surface area contributed by atoms with Crippen LogP contribution in [-0.4, -0.2) is 44.1 Å². The summed E-state index contributed by atoms with van der Waals surface area (Å²) >= 11 is 0. The Morgan fingerprint density at radius 2 is 1.86 bits per heavy atom. The average molecular weight is 417 g/mol. The fourth-order valence-corrected chi connectivity index (χ4v) is 4.59. The Bertz CT molecular complexity index is 1170. The lowest BCUT2D eigenvalue weighted by Gasteiger charge is -2.27. The Labute approximate surface area is 168 Å². The van der Waals surface area contributed by atoms with E-state index in [9.17, 15) is 17.2 Å². The largest absolute Gasteiger partial charge is 0.321 e. The van der Waals surface area contributed by atoms with E-state index < -0.39 is 15.8 Å². The normalized spacial score (nSPS) is 15.6. The predicted molar refractivity (Wildman–Crippen MR) is 109 cm³/mol. The predicted octanol–water partition coefficient (Wildman–Crippen LogP) is 3.44. The van der Waals surface area contributed by atoms with Crippen molar-refractivity contribution in [3.05, 3.63) is 72.4 Å². The second kappa shape index (κ2) is 8.06. The first kappa shape index (κ1) is 19.8. The van der Waals surface area contributed by atoms with Crippen LogP contribution in [0.2, 0.25) is 0 Å². The van der Waals surface area contributed by atoms with Crippen LogP contribution in [0.4, 0.5) is 8.78 Å². The zero-order valence-electron chi connectivity index (χ0n) is 15.7. The molecule has 4 rings (SSSR count). The topological polar surface area (TPSA) is 54.3 Å². The van der Waals surface area contributed by atoms with Gasteiger partial charge in [-0.15, -0.1) is 0 Å².